The van der Waals surface area contributed by atoms with Gasteiger partial charge in [-0.3, -0.25) is 9.59 Å². The summed E-state index contributed by atoms with van der Waals surface area (Å²) in [6.45, 7) is 12.5. The molecule has 0 spiro atoms. The van der Waals surface area contributed by atoms with E-state index in [2.05, 4.69) is 27.4 Å². The van der Waals surface area contributed by atoms with Gasteiger partial charge in [0.25, 0.3) is 0 Å². The van der Waals surface area contributed by atoms with Crippen molar-refractivity contribution in [3.05, 3.63) is 12.7 Å². The molecule has 0 heterocycles. The monoisotopic (exact) mass is 507 g/mol. The second kappa shape index (κ2) is 9.77. The third-order valence-electron chi connectivity index (χ3n) is 10.8. The van der Waals surface area contributed by atoms with Gasteiger partial charge in [-0.1, -0.05) is 33.8 Å². The summed E-state index contributed by atoms with van der Waals surface area (Å²) < 4.78 is 6.29. The number of hydrogen-bond acceptors (Lipinski definition) is 7. The minimum atomic E-state index is -0.663. The van der Waals surface area contributed by atoms with E-state index in [0.717, 1.165) is 32.1 Å². The number of aliphatic hydroxyl groups is 2. The summed E-state index contributed by atoms with van der Waals surface area (Å²) in [6.07, 6.45) is 6.01. The van der Waals surface area contributed by atoms with Crippen molar-refractivity contribution in [2.24, 2.45) is 39.7 Å². The van der Waals surface area contributed by atoms with Crippen molar-refractivity contribution in [3.63, 3.8) is 0 Å². The van der Waals surface area contributed by atoms with Crippen LogP contribution in [0.2, 0.25) is 0 Å². The molecule has 4 saturated carbocycles. The number of nitrogens with two attached hydrogens (primary N) is 1. The van der Waals surface area contributed by atoms with Gasteiger partial charge in [-0.15, -0.1) is 18.3 Å². The van der Waals surface area contributed by atoms with E-state index in [1.807, 2.05) is 13.0 Å². The number of rotatable bonds is 5. The molecular weight excluding hydrogens is 462 g/mol. The first-order chi connectivity index (χ1) is 16.4. The molecule has 0 aromatic carbocycles. The Morgan fingerprint density at radius 2 is 1.94 bits per heavy atom. The highest BCUT2D eigenvalue weighted by atomic mass is 32.2. The zero-order valence-corrected chi connectivity index (χ0v) is 22.7. The van der Waals surface area contributed by atoms with Gasteiger partial charge in [0, 0.05) is 34.5 Å². The van der Waals surface area contributed by atoms with Crippen LogP contribution in [0.15, 0.2) is 12.7 Å². The van der Waals surface area contributed by atoms with Gasteiger partial charge in [-0.2, -0.15) is 0 Å². The maximum absolute atomic E-state index is 13.5. The summed E-state index contributed by atoms with van der Waals surface area (Å²) in [7, 11) is 0. The predicted molar refractivity (Wildman–Crippen MR) is 139 cm³/mol. The molecule has 0 aromatic rings. The lowest BCUT2D eigenvalue weighted by molar-refractivity contribution is -0.205. The third kappa shape index (κ3) is 4.42. The lowest BCUT2D eigenvalue weighted by Gasteiger charge is -2.61. The van der Waals surface area contributed by atoms with E-state index in [1.165, 1.54) is 11.8 Å². The SMILES string of the molecule is C=C[C@]1(C)C[C@@H](OC(=O)CS[C@@H]2CC[C@@H](N)C[C@H]2O)[C@@]2(C)C3C(=O)CC[C@@]3(CC[C@H]2C)[C@@H](C)[C@@H]1O. The lowest BCUT2D eigenvalue weighted by atomic mass is 9.44. The number of ether oxygens (including phenoxy) is 1. The third-order valence-corrected chi connectivity index (χ3v) is 12.2. The van der Waals surface area contributed by atoms with Gasteiger partial charge in [0.1, 0.15) is 11.9 Å². The van der Waals surface area contributed by atoms with Crippen molar-refractivity contribution >= 4 is 23.5 Å². The van der Waals surface area contributed by atoms with Crippen LogP contribution in [0, 0.1) is 34.0 Å². The number of thioether (sulfide) groups is 1. The van der Waals surface area contributed by atoms with Crippen molar-refractivity contribution in [1.29, 1.82) is 0 Å². The van der Waals surface area contributed by atoms with Gasteiger partial charge in [0.05, 0.1) is 18.0 Å². The molecule has 11 atom stereocenters. The summed E-state index contributed by atoms with van der Waals surface area (Å²) in [5, 5.41) is 22.0. The Morgan fingerprint density at radius 1 is 1.23 bits per heavy atom. The molecule has 0 aromatic heterocycles. The van der Waals surface area contributed by atoms with E-state index in [4.69, 9.17) is 10.5 Å². The molecule has 198 valence electrons. The molecule has 4 aliphatic rings. The Bertz CT molecular complexity index is 851. The fraction of sp³-hybridized carbons (Fsp3) is 0.857. The number of hydrogen-bond donors (Lipinski definition) is 3. The molecule has 2 bridgehead atoms. The highest BCUT2D eigenvalue weighted by Crippen LogP contribution is 2.68. The van der Waals surface area contributed by atoms with Crippen molar-refractivity contribution < 1.29 is 24.5 Å². The Kier molecular flexibility index (Phi) is 7.58. The molecule has 4 aliphatic carbocycles. The van der Waals surface area contributed by atoms with Crippen molar-refractivity contribution in [3.8, 4) is 0 Å². The smallest absolute Gasteiger partial charge is 0.316 e. The number of carbonyl (C=O) groups is 2. The van der Waals surface area contributed by atoms with Crippen molar-refractivity contribution in [2.45, 2.75) is 109 Å². The van der Waals surface area contributed by atoms with E-state index >= 15 is 0 Å². The number of aliphatic hydroxyl groups excluding tert-OH is 2. The van der Waals surface area contributed by atoms with Crippen LogP contribution < -0.4 is 5.73 Å². The molecule has 0 aliphatic heterocycles. The Labute approximate surface area is 214 Å². The largest absolute Gasteiger partial charge is 0.461 e. The Hall–Kier alpha value is -0.890. The highest BCUT2D eigenvalue weighted by molar-refractivity contribution is 8.00. The van der Waals surface area contributed by atoms with Crippen LogP contribution >= 0.6 is 11.8 Å². The zero-order chi connectivity index (χ0) is 25.8. The minimum absolute atomic E-state index is 0.0194. The fourth-order valence-electron chi connectivity index (χ4n) is 8.21. The van der Waals surface area contributed by atoms with Gasteiger partial charge in [-0.05, 0) is 62.2 Å². The number of ketones is 1. The normalized spacial score (nSPS) is 50.1. The van der Waals surface area contributed by atoms with Crippen LogP contribution in [0.1, 0.15) is 79.1 Å². The average molecular weight is 508 g/mol. The summed E-state index contributed by atoms with van der Waals surface area (Å²) >= 11 is 1.45. The number of Topliss-reactive ketones (excluding diaryl/α,β-unsaturated/α-hetero) is 1. The molecule has 0 saturated heterocycles. The van der Waals surface area contributed by atoms with E-state index in [1.54, 1.807) is 0 Å². The summed E-state index contributed by atoms with van der Waals surface area (Å²) in [6, 6.07) is 0.0195. The molecule has 4 fully saturated rings. The standard InChI is InChI=1S/C28H45NO5S/c1-6-26(4)14-22(34-23(32)15-35-21-8-7-18(29)13-20(21)31)27(5)16(2)9-11-28(17(3)25(26)33)12-10-19(30)24(27)28/h6,16-18,20-22,24-25,31,33H,1,7-15,29H2,2-5H3/t16-,17+,18-,20-,21-,22-,24?,25+,26-,27+,28+/m1/s1. The van der Waals surface area contributed by atoms with Crippen LogP contribution in [-0.4, -0.2) is 57.3 Å². The van der Waals surface area contributed by atoms with E-state index in [-0.39, 0.29) is 52.0 Å². The van der Waals surface area contributed by atoms with E-state index in [9.17, 15) is 19.8 Å². The van der Waals surface area contributed by atoms with Crippen LogP contribution in [0.25, 0.3) is 0 Å². The predicted octanol–water partition coefficient (Wildman–Crippen LogP) is 3.87. The highest BCUT2D eigenvalue weighted by Gasteiger charge is 2.68. The second-order valence-corrected chi connectivity index (χ2v) is 13.8. The number of carbonyl (C=O) groups excluding carboxylic acids is 2. The summed E-state index contributed by atoms with van der Waals surface area (Å²) in [4.78, 5) is 26.7. The molecule has 6 nitrogen and oxygen atoms in total. The van der Waals surface area contributed by atoms with Gasteiger partial charge >= 0.3 is 5.97 Å². The molecule has 7 heteroatoms. The quantitative estimate of drug-likeness (QED) is 0.383. The number of esters is 1. The summed E-state index contributed by atoms with van der Waals surface area (Å²) in [5.74, 6) is 0.0613. The van der Waals surface area contributed by atoms with Crippen LogP contribution in [0.3, 0.4) is 0 Å². The maximum atomic E-state index is 13.5. The van der Waals surface area contributed by atoms with Crippen molar-refractivity contribution in [2.75, 3.05) is 5.75 Å². The first kappa shape index (κ1) is 27.2. The topological polar surface area (TPSA) is 110 Å². The fourth-order valence-corrected chi connectivity index (χ4v) is 9.27. The molecule has 4 N–H and O–H groups in total. The Morgan fingerprint density at radius 3 is 2.60 bits per heavy atom. The van der Waals surface area contributed by atoms with Crippen LogP contribution in [-0.2, 0) is 14.3 Å². The molecular formula is C28H45NO5S. The lowest BCUT2D eigenvalue weighted by Crippen LogP contribution is -2.63. The average Bonchev–Trinajstić information content (AvgIpc) is 3.17. The van der Waals surface area contributed by atoms with Crippen LogP contribution in [0.5, 0.6) is 0 Å². The van der Waals surface area contributed by atoms with Gasteiger partial charge < -0.3 is 20.7 Å². The van der Waals surface area contributed by atoms with Crippen LogP contribution in [0.4, 0.5) is 0 Å². The van der Waals surface area contributed by atoms with E-state index in [0.29, 0.717) is 19.3 Å². The zero-order valence-electron chi connectivity index (χ0n) is 21.9. The molecule has 0 radical (unpaired) electrons. The minimum Gasteiger partial charge on any atom is -0.461 e. The van der Waals surface area contributed by atoms with Gasteiger partial charge in [-0.25, -0.2) is 0 Å². The maximum Gasteiger partial charge on any atom is 0.316 e. The second-order valence-electron chi connectivity index (χ2n) is 12.6. The molecule has 0 amide bonds. The first-order valence-electron chi connectivity index (χ1n) is 13.5. The molecule has 4 rings (SSSR count). The van der Waals surface area contributed by atoms with E-state index < -0.39 is 29.1 Å². The molecule has 1 unspecified atom stereocenters. The molecule has 35 heavy (non-hydrogen) atoms. The summed E-state index contributed by atoms with van der Waals surface area (Å²) in [5.41, 5.74) is 4.57. The Balaban J connectivity index is 1.62. The van der Waals surface area contributed by atoms with Gasteiger partial charge in [0.15, 0.2) is 0 Å². The van der Waals surface area contributed by atoms with Crippen molar-refractivity contribution in [1.82, 2.24) is 0 Å². The first-order valence-corrected chi connectivity index (χ1v) is 14.5. The van der Waals surface area contributed by atoms with Gasteiger partial charge in [0.2, 0.25) is 0 Å².